The minimum atomic E-state index is 0.515. The molecular weight excluding hydrogens is 388 g/mol. The molecule has 0 aromatic heterocycles. The molecule has 0 radical (unpaired) electrons. The number of hydrogen-bond acceptors (Lipinski definition) is 2. The van der Waals surface area contributed by atoms with E-state index in [-0.39, 0.29) is 0 Å². The van der Waals surface area contributed by atoms with Gasteiger partial charge in [0.1, 0.15) is 0 Å². The molecule has 4 rings (SSSR count). The largest absolute Gasteiger partial charge is 0.354 e. The Balaban J connectivity index is 1.22. The molecule has 3 fully saturated rings. The van der Waals surface area contributed by atoms with E-state index in [2.05, 4.69) is 60.7 Å². The van der Waals surface area contributed by atoms with Crippen LogP contribution < -0.4 is 10.6 Å². The molecule has 142 valence electrons. The molecule has 2 unspecified atom stereocenters. The van der Waals surface area contributed by atoms with Crippen LogP contribution in [0, 0.1) is 0 Å². The molecule has 0 amide bonds. The molecule has 2 N–H and O–H groups in total. The molecule has 3 aliphatic rings. The van der Waals surface area contributed by atoms with Gasteiger partial charge >= 0.3 is 0 Å². The summed E-state index contributed by atoms with van der Waals surface area (Å²) < 4.78 is 1.15. The standard InChI is InChI=1S/C21H31BrN4/c1-23-21(25-20-14-19(20)15-6-8-16(22)9-7-15)24-17-10-12-26(13-11-17)18-4-2-3-5-18/h6-9,17-20H,2-5,10-14H2,1H3,(H2,23,24,25). The zero-order valence-electron chi connectivity index (χ0n) is 15.8. The smallest absolute Gasteiger partial charge is 0.191 e. The van der Waals surface area contributed by atoms with Gasteiger partial charge in [0.2, 0.25) is 0 Å². The molecule has 0 bridgehead atoms. The fraction of sp³-hybridized carbons (Fsp3) is 0.667. The molecule has 4 nitrogen and oxygen atoms in total. The first-order valence-electron chi connectivity index (χ1n) is 10.2. The predicted octanol–water partition coefficient (Wildman–Crippen LogP) is 3.88. The van der Waals surface area contributed by atoms with Crippen LogP contribution >= 0.6 is 15.9 Å². The summed E-state index contributed by atoms with van der Waals surface area (Å²) >= 11 is 3.51. The Morgan fingerprint density at radius 2 is 1.73 bits per heavy atom. The van der Waals surface area contributed by atoms with Gasteiger partial charge in [0.25, 0.3) is 0 Å². The van der Waals surface area contributed by atoms with Crippen molar-refractivity contribution in [3.63, 3.8) is 0 Å². The van der Waals surface area contributed by atoms with Crippen molar-refractivity contribution in [3.8, 4) is 0 Å². The third-order valence-corrected chi connectivity index (χ3v) is 6.87. The normalized spacial score (nSPS) is 28.3. The fourth-order valence-corrected chi connectivity index (χ4v) is 4.92. The molecule has 26 heavy (non-hydrogen) atoms. The maximum atomic E-state index is 4.47. The number of nitrogens with one attached hydrogen (secondary N) is 2. The average Bonchev–Trinajstić information content (AvgIpc) is 3.21. The van der Waals surface area contributed by atoms with Crippen molar-refractivity contribution in [1.82, 2.24) is 15.5 Å². The van der Waals surface area contributed by atoms with Gasteiger partial charge in [-0.2, -0.15) is 0 Å². The molecule has 2 atom stereocenters. The van der Waals surface area contributed by atoms with Crippen molar-refractivity contribution in [1.29, 1.82) is 0 Å². The number of hydrogen-bond donors (Lipinski definition) is 2. The van der Waals surface area contributed by atoms with Gasteiger partial charge in [-0.25, -0.2) is 0 Å². The van der Waals surface area contributed by atoms with Crippen LogP contribution in [0.3, 0.4) is 0 Å². The third-order valence-electron chi connectivity index (χ3n) is 6.35. The second-order valence-corrected chi connectivity index (χ2v) is 9.03. The lowest BCUT2D eigenvalue weighted by molar-refractivity contribution is 0.150. The molecule has 1 aromatic rings. The van der Waals surface area contributed by atoms with Crippen molar-refractivity contribution in [2.45, 2.75) is 69.0 Å². The molecule has 5 heteroatoms. The molecule has 1 aliphatic heterocycles. The number of halogens is 1. The highest BCUT2D eigenvalue weighted by Crippen LogP contribution is 2.41. The number of nitrogens with zero attached hydrogens (tertiary/aromatic N) is 2. The van der Waals surface area contributed by atoms with Crippen LogP contribution in [0.5, 0.6) is 0 Å². The number of likely N-dealkylation sites (tertiary alicyclic amines) is 1. The van der Waals surface area contributed by atoms with Crippen LogP contribution in [-0.2, 0) is 0 Å². The Kier molecular flexibility index (Phi) is 5.84. The van der Waals surface area contributed by atoms with Crippen LogP contribution in [0.15, 0.2) is 33.7 Å². The Morgan fingerprint density at radius 1 is 1.04 bits per heavy atom. The first-order chi connectivity index (χ1) is 12.7. The van der Waals surface area contributed by atoms with Gasteiger partial charge in [0.05, 0.1) is 0 Å². The van der Waals surface area contributed by atoms with E-state index in [0.717, 1.165) is 16.5 Å². The summed E-state index contributed by atoms with van der Waals surface area (Å²) in [7, 11) is 1.89. The monoisotopic (exact) mass is 418 g/mol. The summed E-state index contributed by atoms with van der Waals surface area (Å²) in [6, 6.07) is 10.7. The minimum absolute atomic E-state index is 0.515. The van der Waals surface area contributed by atoms with Gasteiger partial charge in [-0.05, 0) is 49.8 Å². The third kappa shape index (κ3) is 4.42. The lowest BCUT2D eigenvalue weighted by Gasteiger charge is -2.36. The average molecular weight is 419 g/mol. The number of guanidine groups is 1. The van der Waals surface area contributed by atoms with Crippen molar-refractivity contribution < 1.29 is 0 Å². The zero-order chi connectivity index (χ0) is 17.9. The van der Waals surface area contributed by atoms with E-state index < -0.39 is 0 Å². The number of aliphatic imine (C=N–C) groups is 1. The summed E-state index contributed by atoms with van der Waals surface area (Å²) in [5.74, 6) is 1.60. The van der Waals surface area contributed by atoms with Crippen molar-refractivity contribution in [3.05, 3.63) is 34.3 Å². The van der Waals surface area contributed by atoms with Gasteiger partial charge in [0.15, 0.2) is 5.96 Å². The van der Waals surface area contributed by atoms with E-state index in [1.54, 1.807) is 0 Å². The first kappa shape index (κ1) is 18.3. The van der Waals surface area contributed by atoms with Gasteiger partial charge in [-0.15, -0.1) is 0 Å². The van der Waals surface area contributed by atoms with Crippen LogP contribution in [0.4, 0.5) is 0 Å². The van der Waals surface area contributed by atoms with E-state index in [9.17, 15) is 0 Å². The van der Waals surface area contributed by atoms with E-state index >= 15 is 0 Å². The second kappa shape index (κ2) is 8.30. The molecule has 1 aromatic carbocycles. The second-order valence-electron chi connectivity index (χ2n) is 8.11. The van der Waals surface area contributed by atoms with Crippen LogP contribution in [0.25, 0.3) is 0 Å². The summed E-state index contributed by atoms with van der Waals surface area (Å²) in [5.41, 5.74) is 1.42. The van der Waals surface area contributed by atoms with E-state index in [0.29, 0.717) is 18.0 Å². The molecule has 1 saturated heterocycles. The highest BCUT2D eigenvalue weighted by molar-refractivity contribution is 9.10. The predicted molar refractivity (Wildman–Crippen MR) is 112 cm³/mol. The lowest BCUT2D eigenvalue weighted by atomic mass is 10.0. The Bertz CT molecular complexity index is 615. The van der Waals surface area contributed by atoms with Gasteiger partial charge in [-0.3, -0.25) is 4.99 Å². The maximum Gasteiger partial charge on any atom is 0.191 e. The topological polar surface area (TPSA) is 39.7 Å². The van der Waals surface area contributed by atoms with Crippen molar-refractivity contribution in [2.24, 2.45) is 4.99 Å². The van der Waals surface area contributed by atoms with E-state index in [1.165, 1.54) is 63.6 Å². The van der Waals surface area contributed by atoms with Crippen LogP contribution in [0.1, 0.15) is 56.4 Å². The summed E-state index contributed by atoms with van der Waals surface area (Å²) in [6.45, 7) is 2.48. The number of piperidine rings is 1. The molecule has 2 saturated carbocycles. The number of rotatable bonds is 4. The minimum Gasteiger partial charge on any atom is -0.354 e. The fourth-order valence-electron chi connectivity index (χ4n) is 4.65. The zero-order valence-corrected chi connectivity index (χ0v) is 17.3. The molecular formula is C21H31BrN4. The van der Waals surface area contributed by atoms with E-state index in [4.69, 9.17) is 0 Å². The van der Waals surface area contributed by atoms with Crippen LogP contribution in [0.2, 0.25) is 0 Å². The summed E-state index contributed by atoms with van der Waals surface area (Å²) in [5, 5.41) is 7.30. The lowest BCUT2D eigenvalue weighted by Crippen LogP contribution is -2.50. The molecule has 0 spiro atoms. The highest BCUT2D eigenvalue weighted by atomic mass is 79.9. The summed E-state index contributed by atoms with van der Waals surface area (Å²) in [6.07, 6.45) is 9.36. The first-order valence-corrected chi connectivity index (χ1v) is 11.0. The molecule has 2 aliphatic carbocycles. The molecule has 1 heterocycles. The van der Waals surface area contributed by atoms with Gasteiger partial charge in [0, 0.05) is 48.7 Å². The maximum absolute atomic E-state index is 4.47. The Labute approximate surface area is 166 Å². The Morgan fingerprint density at radius 3 is 2.38 bits per heavy atom. The van der Waals surface area contributed by atoms with Gasteiger partial charge in [-0.1, -0.05) is 40.9 Å². The quantitative estimate of drug-likeness (QED) is 0.575. The van der Waals surface area contributed by atoms with Crippen LogP contribution in [-0.4, -0.2) is 49.1 Å². The SMILES string of the molecule is CN=C(NC1CCN(C2CCCC2)CC1)NC1CC1c1ccc(Br)cc1. The number of benzene rings is 1. The van der Waals surface area contributed by atoms with Crippen molar-refractivity contribution >= 4 is 21.9 Å². The highest BCUT2D eigenvalue weighted by Gasteiger charge is 2.39. The summed E-state index contributed by atoms with van der Waals surface area (Å²) in [4.78, 5) is 7.20. The van der Waals surface area contributed by atoms with E-state index in [1.807, 2.05) is 7.05 Å². The van der Waals surface area contributed by atoms with Crippen molar-refractivity contribution in [2.75, 3.05) is 20.1 Å². The van der Waals surface area contributed by atoms with Gasteiger partial charge < -0.3 is 15.5 Å². The Hall–Kier alpha value is -1.07.